The second kappa shape index (κ2) is 9.93. The van der Waals surface area contributed by atoms with E-state index in [2.05, 4.69) is 15.0 Å². The number of fused-ring (bicyclic) bond motifs is 1. The van der Waals surface area contributed by atoms with Gasteiger partial charge < -0.3 is 15.4 Å². The fraction of sp³-hybridized carbons (Fsp3) is 0.0833. The summed E-state index contributed by atoms with van der Waals surface area (Å²) in [4.78, 5) is 22.8. The van der Waals surface area contributed by atoms with E-state index in [1.807, 2.05) is 0 Å². The zero-order valence-electron chi connectivity index (χ0n) is 18.9. The highest BCUT2D eigenvalue weighted by molar-refractivity contribution is 7.92. The van der Waals surface area contributed by atoms with Crippen LogP contribution in [0.5, 0.6) is 0 Å². The molecular formula is C24H17F4N5O3S. The van der Waals surface area contributed by atoms with Gasteiger partial charge >= 0.3 is 0 Å². The van der Waals surface area contributed by atoms with E-state index in [-0.39, 0.29) is 28.7 Å². The van der Waals surface area contributed by atoms with Crippen molar-refractivity contribution in [1.29, 1.82) is 5.41 Å². The molecule has 0 unspecified atom stereocenters. The molecule has 13 heteroatoms. The van der Waals surface area contributed by atoms with Crippen molar-refractivity contribution in [2.24, 2.45) is 4.99 Å². The maximum Gasteiger partial charge on any atom is 0.265 e. The number of nitrogens with zero attached hydrogens (tertiary/aromatic N) is 2. The first kappa shape index (κ1) is 25.7. The van der Waals surface area contributed by atoms with E-state index in [9.17, 15) is 26.4 Å². The number of hydrogen-bond acceptors (Lipinski definition) is 6. The number of aliphatic imine (C=N–C) groups is 1. The zero-order valence-corrected chi connectivity index (χ0v) is 19.8. The molecule has 0 atom stereocenters. The Balaban J connectivity index is 1.75. The Morgan fingerprint density at radius 3 is 2.59 bits per heavy atom. The summed E-state index contributed by atoms with van der Waals surface area (Å²) < 4.78 is 84.3. The number of halogens is 4. The second-order valence-electron chi connectivity index (χ2n) is 7.74. The number of benzene rings is 2. The molecule has 190 valence electrons. The van der Waals surface area contributed by atoms with Crippen molar-refractivity contribution >= 4 is 44.5 Å². The predicted octanol–water partition coefficient (Wildman–Crippen LogP) is 4.61. The highest BCUT2D eigenvalue weighted by Crippen LogP contribution is 2.29. The average molecular weight is 531 g/mol. The molecule has 2 aromatic heterocycles. The smallest absolute Gasteiger partial charge is 0.265 e. The molecule has 8 nitrogen and oxygen atoms in total. The normalized spacial score (nSPS) is 11.8. The maximum absolute atomic E-state index is 15.3. The molecule has 2 aromatic carbocycles. The Kier molecular flexibility index (Phi) is 6.90. The van der Waals surface area contributed by atoms with Crippen molar-refractivity contribution in [1.82, 2.24) is 9.97 Å². The van der Waals surface area contributed by atoms with Crippen molar-refractivity contribution in [3.8, 4) is 0 Å². The molecule has 3 N–H and O–H groups in total. The van der Waals surface area contributed by atoms with Gasteiger partial charge in [0.2, 0.25) is 5.78 Å². The summed E-state index contributed by atoms with van der Waals surface area (Å²) in [5.74, 6) is -6.34. The molecule has 0 bridgehead atoms. The zero-order chi connectivity index (χ0) is 26.9. The van der Waals surface area contributed by atoms with Crippen LogP contribution < -0.4 is 4.72 Å². The van der Waals surface area contributed by atoms with E-state index in [0.29, 0.717) is 35.9 Å². The van der Waals surface area contributed by atoms with Crippen molar-refractivity contribution < 1.29 is 30.8 Å². The molecule has 2 heterocycles. The lowest BCUT2D eigenvalue weighted by molar-refractivity contribution is 0.103. The van der Waals surface area contributed by atoms with Gasteiger partial charge in [-0.3, -0.25) is 9.52 Å². The molecule has 0 saturated carbocycles. The standard InChI is InChI=1S/C24H17F4N5O3S/c1-30-7-6-18(29)12-8-14-15(11-32-24(14)31-10-12)23(34)21-17(27)4-5-19(22(21)28)33-37(35,36)20-9-13(25)2-3-16(20)26/h2-5,7-11,29,33H,6H2,1H3,(H,31,32). The number of anilines is 1. The van der Waals surface area contributed by atoms with Gasteiger partial charge in [0.1, 0.15) is 28.0 Å². The molecule has 0 aliphatic heterocycles. The molecule has 0 spiro atoms. The summed E-state index contributed by atoms with van der Waals surface area (Å²) in [6, 6.07) is 4.49. The number of nitrogens with one attached hydrogen (secondary N) is 3. The van der Waals surface area contributed by atoms with Gasteiger partial charge in [-0.2, -0.15) is 0 Å². The number of aromatic amines is 1. The monoisotopic (exact) mass is 531 g/mol. The minimum Gasteiger partial charge on any atom is -0.345 e. The van der Waals surface area contributed by atoms with E-state index >= 15 is 4.39 Å². The topological polar surface area (TPSA) is 128 Å². The third-order valence-corrected chi connectivity index (χ3v) is 6.73. The number of ketones is 1. The lowest BCUT2D eigenvalue weighted by Gasteiger charge is -2.12. The molecule has 0 saturated heterocycles. The lowest BCUT2D eigenvalue weighted by Crippen LogP contribution is -2.18. The summed E-state index contributed by atoms with van der Waals surface area (Å²) in [5, 5.41) is 8.29. The van der Waals surface area contributed by atoms with Gasteiger partial charge in [-0.1, -0.05) is 0 Å². The fourth-order valence-electron chi connectivity index (χ4n) is 3.51. The van der Waals surface area contributed by atoms with Crippen LogP contribution >= 0.6 is 0 Å². The van der Waals surface area contributed by atoms with E-state index in [1.165, 1.54) is 24.7 Å². The first-order chi connectivity index (χ1) is 17.5. The first-order valence-electron chi connectivity index (χ1n) is 10.5. The first-order valence-corrected chi connectivity index (χ1v) is 12.0. The van der Waals surface area contributed by atoms with Crippen LogP contribution in [0.2, 0.25) is 0 Å². The van der Waals surface area contributed by atoms with E-state index in [0.717, 1.165) is 0 Å². The highest BCUT2D eigenvalue weighted by Gasteiger charge is 2.27. The largest absolute Gasteiger partial charge is 0.345 e. The van der Waals surface area contributed by atoms with Crippen LogP contribution in [-0.2, 0) is 10.0 Å². The Labute approximate surface area is 207 Å². The van der Waals surface area contributed by atoms with Crippen LogP contribution in [0, 0.1) is 28.7 Å². The predicted molar refractivity (Wildman–Crippen MR) is 129 cm³/mol. The van der Waals surface area contributed by atoms with E-state index in [4.69, 9.17) is 5.41 Å². The molecule has 0 aliphatic carbocycles. The third-order valence-electron chi connectivity index (χ3n) is 5.35. The molecule has 37 heavy (non-hydrogen) atoms. The summed E-state index contributed by atoms with van der Waals surface area (Å²) in [6.07, 6.45) is 4.26. The number of pyridine rings is 1. The van der Waals surface area contributed by atoms with Gasteiger partial charge in [0.25, 0.3) is 10.0 Å². The number of hydrogen-bond donors (Lipinski definition) is 3. The minimum absolute atomic E-state index is 0.137. The van der Waals surface area contributed by atoms with Crippen molar-refractivity contribution in [2.75, 3.05) is 11.8 Å². The number of rotatable bonds is 8. The number of aromatic nitrogens is 2. The van der Waals surface area contributed by atoms with Gasteiger partial charge in [0, 0.05) is 54.3 Å². The van der Waals surface area contributed by atoms with Gasteiger partial charge in [-0.25, -0.2) is 31.0 Å². The van der Waals surface area contributed by atoms with Crippen molar-refractivity contribution in [2.45, 2.75) is 11.3 Å². The molecule has 0 radical (unpaired) electrons. The highest BCUT2D eigenvalue weighted by atomic mass is 32.2. The van der Waals surface area contributed by atoms with Crippen LogP contribution in [0.25, 0.3) is 11.0 Å². The fourth-order valence-corrected chi connectivity index (χ4v) is 4.66. The molecule has 0 amide bonds. The minimum atomic E-state index is -4.84. The van der Waals surface area contributed by atoms with Gasteiger partial charge in [-0.05, 0) is 36.4 Å². The summed E-state index contributed by atoms with van der Waals surface area (Å²) >= 11 is 0. The van der Waals surface area contributed by atoms with E-state index in [1.54, 1.807) is 11.8 Å². The Morgan fingerprint density at radius 2 is 1.86 bits per heavy atom. The molecule has 0 aliphatic rings. The van der Waals surface area contributed by atoms with Crippen molar-refractivity contribution in [3.05, 3.63) is 88.8 Å². The number of carbonyl (C=O) groups excluding carboxylic acids is 1. The van der Waals surface area contributed by atoms with Crippen LogP contribution in [0.4, 0.5) is 23.2 Å². The summed E-state index contributed by atoms with van der Waals surface area (Å²) in [7, 11) is -3.30. The quantitative estimate of drug-likeness (QED) is 0.174. The van der Waals surface area contributed by atoms with Crippen LogP contribution in [0.3, 0.4) is 0 Å². The number of carbonyl (C=O) groups is 1. The number of H-pyrrole nitrogens is 1. The lowest BCUT2D eigenvalue weighted by atomic mass is 10.00. The Bertz CT molecular complexity index is 1700. The summed E-state index contributed by atoms with van der Waals surface area (Å²) in [6.45, 7) is 0. The van der Waals surface area contributed by atoms with Gasteiger partial charge in [-0.15, -0.1) is 0 Å². The Morgan fingerprint density at radius 1 is 1.14 bits per heavy atom. The average Bonchev–Trinajstić information content (AvgIpc) is 3.29. The second-order valence-corrected chi connectivity index (χ2v) is 9.39. The van der Waals surface area contributed by atoms with Gasteiger partial charge in [0.05, 0.1) is 11.3 Å². The van der Waals surface area contributed by atoms with E-state index < -0.39 is 55.2 Å². The van der Waals surface area contributed by atoms with Gasteiger partial charge in [0.15, 0.2) is 5.82 Å². The third kappa shape index (κ3) is 4.98. The maximum atomic E-state index is 15.3. The van der Waals surface area contributed by atoms with Crippen LogP contribution in [0.15, 0.2) is 58.7 Å². The Hall–Kier alpha value is -4.39. The SMILES string of the molecule is CN=CCC(=N)c1cnc2[nH]cc(C(=O)c3c(F)ccc(NS(=O)(=O)c4cc(F)ccc4F)c3F)c2c1. The molecule has 4 rings (SSSR count). The molecule has 0 fully saturated rings. The van der Waals surface area contributed by atoms with Crippen molar-refractivity contribution in [3.63, 3.8) is 0 Å². The number of sulfonamides is 1. The van der Waals surface area contributed by atoms with Crippen LogP contribution in [-0.4, -0.2) is 43.1 Å². The molecular weight excluding hydrogens is 514 g/mol. The summed E-state index contributed by atoms with van der Waals surface area (Å²) in [5.41, 5.74) is -1.43. The van der Waals surface area contributed by atoms with Crippen LogP contribution in [0.1, 0.15) is 27.9 Å². The molecule has 4 aromatic rings.